The Balaban J connectivity index is 1.67. The molecule has 1 aliphatic rings. The average Bonchev–Trinajstić information content (AvgIpc) is 3.02. The Bertz CT molecular complexity index is 875. The van der Waals surface area contributed by atoms with E-state index >= 15 is 0 Å². The van der Waals surface area contributed by atoms with Crippen LogP contribution in [0.2, 0.25) is 0 Å². The van der Waals surface area contributed by atoms with Gasteiger partial charge in [0.1, 0.15) is 11.8 Å². The number of carbonyl (C=O) groups is 1. The van der Waals surface area contributed by atoms with Crippen LogP contribution in [0, 0.1) is 6.92 Å². The van der Waals surface area contributed by atoms with E-state index < -0.39 is 17.9 Å². The zero-order valence-electron chi connectivity index (χ0n) is 16.3. The van der Waals surface area contributed by atoms with Crippen LogP contribution in [0.3, 0.4) is 0 Å². The zero-order valence-corrected chi connectivity index (χ0v) is 17.9. The Morgan fingerprint density at radius 1 is 1.17 bits per heavy atom. The standard InChI is InChI=1S/C19H22BrF3N4O2/c1-12-16(20)17(19(21,22)23)24-27(12)13(2)18(28)26-10-8-25(9-11-26)14-4-6-15(29-3)7-5-14/h4-7,13H,8-11H2,1-3H3. The molecular formula is C19H22BrF3N4O2. The fourth-order valence-corrected chi connectivity index (χ4v) is 3.89. The summed E-state index contributed by atoms with van der Waals surface area (Å²) in [5.41, 5.74) is 0.293. The lowest BCUT2D eigenvalue weighted by Gasteiger charge is -2.37. The number of ether oxygens (including phenoxy) is 1. The van der Waals surface area contributed by atoms with Crippen molar-refractivity contribution < 1.29 is 22.7 Å². The number of nitrogens with zero attached hydrogens (tertiary/aromatic N) is 4. The van der Waals surface area contributed by atoms with E-state index in [1.807, 2.05) is 24.3 Å². The van der Waals surface area contributed by atoms with Crippen LogP contribution in [0.4, 0.5) is 18.9 Å². The van der Waals surface area contributed by atoms with E-state index in [0.29, 0.717) is 26.2 Å². The lowest BCUT2D eigenvalue weighted by atomic mass is 10.2. The molecule has 1 amide bonds. The monoisotopic (exact) mass is 474 g/mol. The lowest BCUT2D eigenvalue weighted by Crippen LogP contribution is -2.50. The van der Waals surface area contributed by atoms with Gasteiger partial charge in [-0.05, 0) is 54.0 Å². The summed E-state index contributed by atoms with van der Waals surface area (Å²) < 4.78 is 45.5. The van der Waals surface area contributed by atoms with Gasteiger partial charge in [0.05, 0.1) is 17.3 Å². The first-order valence-electron chi connectivity index (χ1n) is 9.13. The van der Waals surface area contributed by atoms with Crippen LogP contribution >= 0.6 is 15.9 Å². The van der Waals surface area contributed by atoms with Gasteiger partial charge in [0.25, 0.3) is 0 Å². The van der Waals surface area contributed by atoms with E-state index in [0.717, 1.165) is 16.1 Å². The Hall–Kier alpha value is -2.23. The number of alkyl halides is 3. The van der Waals surface area contributed by atoms with E-state index in [-0.39, 0.29) is 16.1 Å². The summed E-state index contributed by atoms with van der Waals surface area (Å²) in [6, 6.07) is 6.86. The second-order valence-corrected chi connectivity index (χ2v) is 7.67. The molecule has 0 aliphatic carbocycles. The van der Waals surface area contributed by atoms with Crippen molar-refractivity contribution in [1.82, 2.24) is 14.7 Å². The topological polar surface area (TPSA) is 50.6 Å². The van der Waals surface area contributed by atoms with Crippen LogP contribution in [0.5, 0.6) is 5.75 Å². The fourth-order valence-electron chi connectivity index (χ4n) is 3.40. The number of methoxy groups -OCH3 is 1. The largest absolute Gasteiger partial charge is 0.497 e. The number of benzene rings is 1. The quantitative estimate of drug-likeness (QED) is 0.674. The number of hydrogen-bond acceptors (Lipinski definition) is 4. The number of piperazine rings is 1. The van der Waals surface area contributed by atoms with E-state index in [4.69, 9.17) is 4.74 Å². The van der Waals surface area contributed by atoms with Crippen molar-refractivity contribution in [1.29, 1.82) is 0 Å². The third-order valence-electron chi connectivity index (χ3n) is 5.10. The number of carbonyl (C=O) groups excluding carboxylic acids is 1. The summed E-state index contributed by atoms with van der Waals surface area (Å²) in [7, 11) is 1.61. The molecule has 1 unspecified atom stereocenters. The number of amides is 1. The predicted molar refractivity (Wildman–Crippen MR) is 106 cm³/mol. The molecule has 2 heterocycles. The van der Waals surface area contributed by atoms with Crippen molar-refractivity contribution >= 4 is 27.5 Å². The van der Waals surface area contributed by atoms with Gasteiger partial charge in [0.2, 0.25) is 5.91 Å². The molecule has 158 valence electrons. The molecule has 1 saturated heterocycles. The van der Waals surface area contributed by atoms with E-state index in [2.05, 4.69) is 25.9 Å². The minimum Gasteiger partial charge on any atom is -0.497 e. The van der Waals surface area contributed by atoms with Crippen LogP contribution < -0.4 is 9.64 Å². The summed E-state index contributed by atoms with van der Waals surface area (Å²) in [6.07, 6.45) is -4.58. The maximum atomic E-state index is 13.1. The summed E-state index contributed by atoms with van der Waals surface area (Å²) in [6.45, 7) is 5.34. The Kier molecular flexibility index (Phi) is 6.11. The van der Waals surface area contributed by atoms with Gasteiger partial charge in [-0.3, -0.25) is 9.48 Å². The van der Waals surface area contributed by atoms with Crippen LogP contribution in [-0.2, 0) is 11.0 Å². The molecule has 1 atom stereocenters. The molecule has 29 heavy (non-hydrogen) atoms. The summed E-state index contributed by atoms with van der Waals surface area (Å²) in [5, 5.41) is 3.65. The fraction of sp³-hybridized carbons (Fsp3) is 0.474. The van der Waals surface area contributed by atoms with Crippen LogP contribution in [-0.4, -0.2) is 53.9 Å². The van der Waals surface area contributed by atoms with Crippen LogP contribution in [0.25, 0.3) is 0 Å². The van der Waals surface area contributed by atoms with Crippen LogP contribution in [0.15, 0.2) is 28.7 Å². The Morgan fingerprint density at radius 2 is 1.76 bits per heavy atom. The highest BCUT2D eigenvalue weighted by Gasteiger charge is 2.39. The average molecular weight is 475 g/mol. The van der Waals surface area contributed by atoms with Crippen LogP contribution in [0.1, 0.15) is 24.4 Å². The molecule has 1 aliphatic heterocycles. The number of aromatic nitrogens is 2. The van der Waals surface area contributed by atoms with Gasteiger partial charge in [-0.2, -0.15) is 18.3 Å². The molecule has 0 bridgehead atoms. The minimum atomic E-state index is -4.58. The SMILES string of the molecule is COc1ccc(N2CCN(C(=O)C(C)n3nc(C(F)(F)F)c(Br)c3C)CC2)cc1. The number of hydrogen-bond donors (Lipinski definition) is 0. The third-order valence-corrected chi connectivity index (χ3v) is 6.05. The molecule has 3 rings (SSSR count). The van der Waals surface area contributed by atoms with Gasteiger partial charge < -0.3 is 14.5 Å². The maximum absolute atomic E-state index is 13.1. The lowest BCUT2D eigenvalue weighted by molar-refractivity contribution is -0.143. The highest BCUT2D eigenvalue weighted by Crippen LogP contribution is 2.36. The van der Waals surface area contributed by atoms with Gasteiger partial charge in [0.15, 0.2) is 5.69 Å². The van der Waals surface area contributed by atoms with E-state index in [9.17, 15) is 18.0 Å². The van der Waals surface area contributed by atoms with Gasteiger partial charge in [-0.15, -0.1) is 0 Å². The van der Waals surface area contributed by atoms with Crippen molar-refractivity contribution in [2.45, 2.75) is 26.1 Å². The predicted octanol–water partition coefficient (Wildman–Crippen LogP) is 3.89. The van der Waals surface area contributed by atoms with Gasteiger partial charge in [-0.1, -0.05) is 0 Å². The Morgan fingerprint density at radius 3 is 2.24 bits per heavy atom. The molecule has 0 saturated carbocycles. The number of rotatable bonds is 4. The Labute approximate surface area is 175 Å². The number of anilines is 1. The van der Waals surface area contributed by atoms with E-state index in [1.165, 1.54) is 6.92 Å². The molecule has 0 radical (unpaired) electrons. The highest BCUT2D eigenvalue weighted by molar-refractivity contribution is 9.10. The van der Waals surface area contributed by atoms with Crippen molar-refractivity contribution in [3.05, 3.63) is 40.1 Å². The van der Waals surface area contributed by atoms with Gasteiger partial charge >= 0.3 is 6.18 Å². The van der Waals surface area contributed by atoms with Gasteiger partial charge in [-0.25, -0.2) is 0 Å². The molecule has 2 aromatic rings. The first kappa shape index (κ1) is 21.5. The normalized spacial score (nSPS) is 16.1. The van der Waals surface area contributed by atoms with Crippen molar-refractivity contribution in [2.75, 3.05) is 38.2 Å². The maximum Gasteiger partial charge on any atom is 0.436 e. The molecule has 0 spiro atoms. The van der Waals surface area contributed by atoms with Crippen molar-refractivity contribution in [2.24, 2.45) is 0 Å². The van der Waals surface area contributed by atoms with Crippen molar-refractivity contribution in [3.63, 3.8) is 0 Å². The summed E-state index contributed by atoms with van der Waals surface area (Å²) in [5.74, 6) is 0.529. The molecule has 1 aromatic heterocycles. The molecular weight excluding hydrogens is 453 g/mol. The highest BCUT2D eigenvalue weighted by atomic mass is 79.9. The first-order chi connectivity index (χ1) is 13.6. The molecule has 6 nitrogen and oxygen atoms in total. The summed E-state index contributed by atoms with van der Waals surface area (Å²) >= 11 is 2.95. The second-order valence-electron chi connectivity index (χ2n) is 6.88. The minimum absolute atomic E-state index is 0.131. The molecule has 1 aromatic carbocycles. The molecule has 1 fully saturated rings. The first-order valence-corrected chi connectivity index (χ1v) is 9.92. The van der Waals surface area contributed by atoms with Gasteiger partial charge in [0, 0.05) is 31.9 Å². The number of halogens is 4. The van der Waals surface area contributed by atoms with E-state index in [1.54, 1.807) is 18.9 Å². The third kappa shape index (κ3) is 4.36. The van der Waals surface area contributed by atoms with Crippen molar-refractivity contribution in [3.8, 4) is 5.75 Å². The molecule has 10 heteroatoms. The summed E-state index contributed by atoms with van der Waals surface area (Å²) in [4.78, 5) is 16.7. The molecule has 0 N–H and O–H groups in total. The smallest absolute Gasteiger partial charge is 0.436 e. The zero-order chi connectivity index (χ0) is 21.3. The second kappa shape index (κ2) is 8.25.